The molecule has 0 spiro atoms. The van der Waals surface area contributed by atoms with E-state index in [0.29, 0.717) is 12.1 Å². The van der Waals surface area contributed by atoms with E-state index in [0.717, 1.165) is 29.9 Å². The standard InChI is InChI=1S/C15H18N4O2/c1-3-9-19-11(7-8-17-19)10-16-12-5-4-6-13-14(12)21-15(20)18(13)2/h4-8,16H,3,9-10H2,1-2H3. The molecule has 0 fully saturated rings. The van der Waals surface area contributed by atoms with Crippen LogP contribution in [0.15, 0.2) is 39.7 Å². The summed E-state index contributed by atoms with van der Waals surface area (Å²) in [5.74, 6) is -0.352. The fraction of sp³-hybridized carbons (Fsp3) is 0.333. The third kappa shape index (κ3) is 2.44. The number of hydrogen-bond acceptors (Lipinski definition) is 4. The Morgan fingerprint density at radius 3 is 3.00 bits per heavy atom. The van der Waals surface area contributed by atoms with E-state index in [2.05, 4.69) is 17.3 Å². The van der Waals surface area contributed by atoms with Crippen molar-refractivity contribution in [1.82, 2.24) is 14.3 Å². The molecule has 1 aromatic carbocycles. The molecule has 0 radical (unpaired) electrons. The van der Waals surface area contributed by atoms with Gasteiger partial charge >= 0.3 is 5.76 Å². The highest BCUT2D eigenvalue weighted by Gasteiger charge is 2.10. The van der Waals surface area contributed by atoms with E-state index in [9.17, 15) is 4.79 Å². The molecule has 110 valence electrons. The normalized spacial score (nSPS) is 11.1. The van der Waals surface area contributed by atoms with Gasteiger partial charge in [-0.3, -0.25) is 9.25 Å². The van der Waals surface area contributed by atoms with E-state index in [1.165, 1.54) is 4.57 Å². The van der Waals surface area contributed by atoms with Crippen LogP contribution in [-0.4, -0.2) is 14.3 Å². The first kappa shape index (κ1) is 13.5. The lowest BCUT2D eigenvalue weighted by atomic mass is 10.2. The second-order valence-electron chi connectivity index (χ2n) is 4.98. The predicted molar refractivity (Wildman–Crippen MR) is 81.3 cm³/mol. The quantitative estimate of drug-likeness (QED) is 0.782. The zero-order valence-electron chi connectivity index (χ0n) is 12.2. The van der Waals surface area contributed by atoms with Crippen molar-refractivity contribution in [1.29, 1.82) is 0 Å². The minimum Gasteiger partial charge on any atom is -0.405 e. The maximum Gasteiger partial charge on any atom is 0.419 e. The van der Waals surface area contributed by atoms with E-state index in [1.54, 1.807) is 13.2 Å². The van der Waals surface area contributed by atoms with E-state index in [1.807, 2.05) is 28.9 Å². The Morgan fingerprint density at radius 1 is 1.33 bits per heavy atom. The Kier molecular flexibility index (Phi) is 3.51. The molecule has 0 aliphatic heterocycles. The van der Waals surface area contributed by atoms with Crippen LogP contribution in [0.5, 0.6) is 0 Å². The fourth-order valence-electron chi connectivity index (χ4n) is 2.40. The number of nitrogens with one attached hydrogen (secondary N) is 1. The maximum absolute atomic E-state index is 11.6. The van der Waals surface area contributed by atoms with Gasteiger partial charge in [0.25, 0.3) is 0 Å². The van der Waals surface area contributed by atoms with Crippen LogP contribution in [0, 0.1) is 0 Å². The topological polar surface area (TPSA) is 65.0 Å². The summed E-state index contributed by atoms with van der Waals surface area (Å²) >= 11 is 0. The Balaban J connectivity index is 1.87. The van der Waals surface area contributed by atoms with Crippen molar-refractivity contribution in [2.75, 3.05) is 5.32 Å². The van der Waals surface area contributed by atoms with Crippen molar-refractivity contribution in [3.63, 3.8) is 0 Å². The number of oxazole rings is 1. The summed E-state index contributed by atoms with van der Waals surface area (Å²) in [7, 11) is 1.70. The molecule has 1 N–H and O–H groups in total. The van der Waals surface area contributed by atoms with Crippen LogP contribution in [0.1, 0.15) is 19.0 Å². The third-order valence-electron chi connectivity index (χ3n) is 3.52. The molecule has 2 heterocycles. The van der Waals surface area contributed by atoms with E-state index in [-0.39, 0.29) is 5.76 Å². The van der Waals surface area contributed by atoms with Crippen molar-refractivity contribution in [3.8, 4) is 0 Å². The van der Waals surface area contributed by atoms with E-state index in [4.69, 9.17) is 4.42 Å². The molecule has 0 saturated carbocycles. The summed E-state index contributed by atoms with van der Waals surface area (Å²) in [5.41, 5.74) is 3.29. The Hall–Kier alpha value is -2.50. The largest absolute Gasteiger partial charge is 0.419 e. The molecule has 6 heteroatoms. The van der Waals surface area contributed by atoms with Gasteiger partial charge in [0, 0.05) is 19.8 Å². The molecule has 21 heavy (non-hydrogen) atoms. The van der Waals surface area contributed by atoms with Gasteiger partial charge in [0.15, 0.2) is 5.58 Å². The van der Waals surface area contributed by atoms with Gasteiger partial charge in [-0.25, -0.2) is 4.79 Å². The number of benzene rings is 1. The van der Waals surface area contributed by atoms with Gasteiger partial charge in [-0.1, -0.05) is 13.0 Å². The number of nitrogens with zero attached hydrogens (tertiary/aromatic N) is 3. The number of aryl methyl sites for hydroxylation is 2. The first-order chi connectivity index (χ1) is 10.2. The first-order valence-electron chi connectivity index (χ1n) is 7.04. The molecule has 3 rings (SSSR count). The van der Waals surface area contributed by atoms with Crippen LogP contribution in [-0.2, 0) is 20.1 Å². The molecule has 0 bridgehead atoms. The van der Waals surface area contributed by atoms with Crippen molar-refractivity contribution in [2.24, 2.45) is 7.05 Å². The molecule has 0 saturated heterocycles. The van der Waals surface area contributed by atoms with Crippen molar-refractivity contribution < 1.29 is 4.42 Å². The second kappa shape index (κ2) is 5.47. The highest BCUT2D eigenvalue weighted by molar-refractivity contribution is 5.86. The molecule has 0 amide bonds. The monoisotopic (exact) mass is 286 g/mol. The molecule has 0 aliphatic rings. The fourth-order valence-corrected chi connectivity index (χ4v) is 2.40. The molecule has 2 aromatic heterocycles. The zero-order chi connectivity index (χ0) is 14.8. The molecular weight excluding hydrogens is 268 g/mol. The van der Waals surface area contributed by atoms with Crippen LogP contribution in [0.3, 0.4) is 0 Å². The summed E-state index contributed by atoms with van der Waals surface area (Å²) in [6, 6.07) is 7.67. The van der Waals surface area contributed by atoms with Crippen LogP contribution in [0.4, 0.5) is 5.69 Å². The summed E-state index contributed by atoms with van der Waals surface area (Å²) in [5, 5.41) is 7.62. The zero-order valence-corrected chi connectivity index (χ0v) is 12.2. The number of hydrogen-bond donors (Lipinski definition) is 1. The van der Waals surface area contributed by atoms with Crippen LogP contribution >= 0.6 is 0 Å². The van der Waals surface area contributed by atoms with Gasteiger partial charge in [-0.15, -0.1) is 0 Å². The minimum atomic E-state index is -0.352. The average Bonchev–Trinajstić information content (AvgIpc) is 3.04. The lowest BCUT2D eigenvalue weighted by molar-refractivity contribution is 0.528. The molecule has 6 nitrogen and oxygen atoms in total. The molecule has 0 aliphatic carbocycles. The van der Waals surface area contributed by atoms with Gasteiger partial charge in [0.05, 0.1) is 23.4 Å². The minimum absolute atomic E-state index is 0.352. The lowest BCUT2D eigenvalue weighted by Gasteiger charge is -2.09. The van der Waals surface area contributed by atoms with Gasteiger partial charge in [-0.05, 0) is 24.6 Å². The molecule has 3 aromatic rings. The van der Waals surface area contributed by atoms with E-state index >= 15 is 0 Å². The van der Waals surface area contributed by atoms with Crippen LogP contribution in [0.25, 0.3) is 11.1 Å². The second-order valence-corrected chi connectivity index (χ2v) is 4.98. The number of fused-ring (bicyclic) bond motifs is 1. The van der Waals surface area contributed by atoms with Gasteiger partial charge in [0.1, 0.15) is 0 Å². The Bertz CT molecular complexity index is 813. The number of para-hydroxylation sites is 1. The maximum atomic E-state index is 11.6. The number of rotatable bonds is 5. The van der Waals surface area contributed by atoms with E-state index < -0.39 is 0 Å². The third-order valence-corrected chi connectivity index (χ3v) is 3.52. The molecular formula is C15H18N4O2. The van der Waals surface area contributed by atoms with Gasteiger partial charge < -0.3 is 9.73 Å². The van der Waals surface area contributed by atoms with Crippen LogP contribution in [0.2, 0.25) is 0 Å². The average molecular weight is 286 g/mol. The van der Waals surface area contributed by atoms with Crippen LogP contribution < -0.4 is 11.1 Å². The SMILES string of the molecule is CCCn1nccc1CNc1cccc2c1oc(=O)n2C. The summed E-state index contributed by atoms with van der Waals surface area (Å²) in [6.07, 6.45) is 2.84. The number of aromatic nitrogens is 3. The van der Waals surface area contributed by atoms with Gasteiger partial charge in [0.2, 0.25) is 0 Å². The summed E-state index contributed by atoms with van der Waals surface area (Å²) in [4.78, 5) is 11.6. The highest BCUT2D eigenvalue weighted by atomic mass is 16.4. The predicted octanol–water partition coefficient (Wildman–Crippen LogP) is 2.35. The smallest absolute Gasteiger partial charge is 0.405 e. The Morgan fingerprint density at radius 2 is 2.19 bits per heavy atom. The highest BCUT2D eigenvalue weighted by Crippen LogP contribution is 2.22. The molecule has 0 atom stereocenters. The Labute approximate surface area is 122 Å². The number of anilines is 1. The lowest BCUT2D eigenvalue weighted by Crippen LogP contribution is -2.09. The summed E-state index contributed by atoms with van der Waals surface area (Å²) < 4.78 is 8.78. The van der Waals surface area contributed by atoms with Crippen molar-refractivity contribution >= 4 is 16.8 Å². The van der Waals surface area contributed by atoms with Crippen molar-refractivity contribution in [2.45, 2.75) is 26.4 Å². The van der Waals surface area contributed by atoms with Gasteiger partial charge in [-0.2, -0.15) is 5.10 Å². The molecule has 0 unspecified atom stereocenters. The summed E-state index contributed by atoms with van der Waals surface area (Å²) in [6.45, 7) is 3.66. The van der Waals surface area contributed by atoms with Crippen molar-refractivity contribution in [3.05, 3.63) is 46.7 Å². The first-order valence-corrected chi connectivity index (χ1v) is 7.04.